The van der Waals surface area contributed by atoms with Crippen molar-refractivity contribution in [1.82, 2.24) is 0 Å². The van der Waals surface area contributed by atoms with Gasteiger partial charge in [0, 0.05) is 5.92 Å². The normalized spacial score (nSPS) is 12.5. The van der Waals surface area contributed by atoms with Gasteiger partial charge in [0.25, 0.3) is 0 Å². The van der Waals surface area contributed by atoms with E-state index in [9.17, 15) is 0 Å². The molecule has 2 nitrogen and oxygen atoms in total. The average molecular weight is 251 g/mol. The van der Waals surface area contributed by atoms with E-state index in [2.05, 4.69) is 19.9 Å². The highest BCUT2D eigenvalue weighted by molar-refractivity contribution is 7.80. The fourth-order valence-electron chi connectivity index (χ4n) is 1.50. The van der Waals surface area contributed by atoms with Crippen LogP contribution in [0, 0.1) is 11.8 Å². The molecule has 0 aliphatic heterocycles. The molecule has 1 aromatic carbocycles. The van der Waals surface area contributed by atoms with Crippen LogP contribution in [0.4, 0.5) is 0 Å². The van der Waals surface area contributed by atoms with Gasteiger partial charge in [-0.25, -0.2) is 0 Å². The van der Waals surface area contributed by atoms with Crippen molar-refractivity contribution in [3.05, 3.63) is 29.8 Å². The Bertz CT molecular complexity index is 376. The highest BCUT2D eigenvalue weighted by Gasteiger charge is 2.10. The summed E-state index contributed by atoms with van der Waals surface area (Å²) in [6.07, 6.45) is 0.837. The maximum atomic E-state index is 5.80. The van der Waals surface area contributed by atoms with E-state index in [1.165, 1.54) is 5.56 Å². The number of hydrogen-bond donors (Lipinski definition) is 1. The summed E-state index contributed by atoms with van der Waals surface area (Å²) in [5.74, 6) is 1.68. The third-order valence-corrected chi connectivity index (χ3v) is 2.96. The minimum Gasteiger partial charge on any atom is -0.493 e. The van der Waals surface area contributed by atoms with Crippen LogP contribution in [0.5, 0.6) is 5.75 Å². The van der Waals surface area contributed by atoms with Gasteiger partial charge in [-0.3, -0.25) is 0 Å². The molecule has 3 heteroatoms. The molecule has 1 atom stereocenters. The first kappa shape index (κ1) is 14.0. The third kappa shape index (κ3) is 4.73. The smallest absolute Gasteiger partial charge is 0.122 e. The number of hydrogen-bond acceptors (Lipinski definition) is 2. The van der Waals surface area contributed by atoms with Gasteiger partial charge in [0.2, 0.25) is 0 Å². The van der Waals surface area contributed by atoms with Crippen molar-refractivity contribution in [1.29, 1.82) is 0 Å². The lowest BCUT2D eigenvalue weighted by Crippen LogP contribution is -2.20. The van der Waals surface area contributed by atoms with Gasteiger partial charge in [0.15, 0.2) is 0 Å². The molecule has 2 N–H and O–H groups in total. The second kappa shape index (κ2) is 6.60. The van der Waals surface area contributed by atoms with Crippen molar-refractivity contribution in [2.75, 3.05) is 6.61 Å². The first-order chi connectivity index (χ1) is 8.00. The van der Waals surface area contributed by atoms with Crippen molar-refractivity contribution < 1.29 is 4.74 Å². The number of benzene rings is 1. The largest absolute Gasteiger partial charge is 0.493 e. The highest BCUT2D eigenvalue weighted by atomic mass is 32.1. The molecule has 0 amide bonds. The Morgan fingerprint density at radius 2 is 1.94 bits per heavy atom. The number of para-hydroxylation sites is 1. The van der Waals surface area contributed by atoms with Gasteiger partial charge in [0.05, 0.1) is 11.6 Å². The van der Waals surface area contributed by atoms with Crippen LogP contribution in [0.3, 0.4) is 0 Å². The van der Waals surface area contributed by atoms with E-state index in [1.807, 2.05) is 25.1 Å². The molecule has 0 heterocycles. The molecule has 1 aromatic rings. The van der Waals surface area contributed by atoms with Crippen LogP contribution in [0.1, 0.15) is 26.3 Å². The number of rotatable bonds is 6. The topological polar surface area (TPSA) is 35.2 Å². The maximum Gasteiger partial charge on any atom is 0.122 e. The van der Waals surface area contributed by atoms with Gasteiger partial charge in [-0.15, -0.1) is 0 Å². The van der Waals surface area contributed by atoms with Gasteiger partial charge in [0.1, 0.15) is 5.75 Å². The summed E-state index contributed by atoms with van der Waals surface area (Å²) in [5.41, 5.74) is 6.82. The molecular weight excluding hydrogens is 230 g/mol. The Morgan fingerprint density at radius 3 is 2.53 bits per heavy atom. The molecule has 0 radical (unpaired) electrons. The lowest BCUT2D eigenvalue weighted by Gasteiger charge is -2.15. The van der Waals surface area contributed by atoms with E-state index in [-0.39, 0.29) is 5.92 Å². The first-order valence-corrected chi connectivity index (χ1v) is 6.41. The number of nitrogens with two attached hydrogens (primary N) is 1. The van der Waals surface area contributed by atoms with Crippen molar-refractivity contribution in [3.8, 4) is 5.75 Å². The maximum absolute atomic E-state index is 5.80. The molecule has 0 bridgehead atoms. The van der Waals surface area contributed by atoms with E-state index in [4.69, 9.17) is 22.7 Å². The Labute approximate surface area is 109 Å². The number of ether oxygens (including phenoxy) is 1. The van der Waals surface area contributed by atoms with Crippen molar-refractivity contribution in [2.45, 2.75) is 27.2 Å². The monoisotopic (exact) mass is 251 g/mol. The Balaban J connectivity index is 2.73. The van der Waals surface area contributed by atoms with Gasteiger partial charge in [-0.1, -0.05) is 51.2 Å². The van der Waals surface area contributed by atoms with Crippen molar-refractivity contribution in [3.63, 3.8) is 0 Å². The average Bonchev–Trinajstić information content (AvgIpc) is 2.27. The molecule has 0 saturated heterocycles. The van der Waals surface area contributed by atoms with E-state index < -0.39 is 0 Å². The van der Waals surface area contributed by atoms with Crippen LogP contribution in [0.2, 0.25) is 0 Å². The molecule has 0 fully saturated rings. The molecule has 0 saturated carbocycles. The van der Waals surface area contributed by atoms with Crippen LogP contribution in [-0.4, -0.2) is 11.6 Å². The molecule has 0 aliphatic carbocycles. The Kier molecular flexibility index (Phi) is 5.42. The second-order valence-electron chi connectivity index (χ2n) is 4.82. The summed E-state index contributed by atoms with van der Waals surface area (Å²) in [7, 11) is 0. The van der Waals surface area contributed by atoms with Crippen LogP contribution in [0.15, 0.2) is 24.3 Å². The van der Waals surface area contributed by atoms with Crippen LogP contribution in [0.25, 0.3) is 0 Å². The predicted molar refractivity (Wildman–Crippen MR) is 76.4 cm³/mol. The van der Waals surface area contributed by atoms with Crippen LogP contribution >= 0.6 is 12.2 Å². The summed E-state index contributed by atoms with van der Waals surface area (Å²) in [5, 5.41) is 0. The zero-order valence-electron chi connectivity index (χ0n) is 10.8. The molecule has 1 rings (SSSR count). The predicted octanol–water partition coefficient (Wildman–Crippen LogP) is 3.19. The van der Waals surface area contributed by atoms with E-state index in [0.29, 0.717) is 10.9 Å². The zero-order chi connectivity index (χ0) is 12.8. The fraction of sp³-hybridized carbons (Fsp3) is 0.500. The number of thiocarbonyl (C=S) groups is 1. The van der Waals surface area contributed by atoms with Crippen molar-refractivity contribution >= 4 is 17.2 Å². The highest BCUT2D eigenvalue weighted by Crippen LogP contribution is 2.22. The first-order valence-electron chi connectivity index (χ1n) is 6.00. The SMILES string of the molecule is CC(C)COc1ccccc1CC(C)C(N)=S. The standard InChI is InChI=1S/C14H21NOS/c1-10(2)9-16-13-7-5-4-6-12(13)8-11(3)14(15)17/h4-7,10-11H,8-9H2,1-3H3,(H2,15,17). The summed E-state index contributed by atoms with van der Waals surface area (Å²) < 4.78 is 5.80. The summed E-state index contributed by atoms with van der Waals surface area (Å²) in [4.78, 5) is 0.559. The quantitative estimate of drug-likeness (QED) is 0.789. The van der Waals surface area contributed by atoms with Crippen LogP contribution in [-0.2, 0) is 6.42 Å². The Morgan fingerprint density at radius 1 is 1.29 bits per heavy atom. The Hall–Kier alpha value is -1.09. The van der Waals surface area contributed by atoms with Gasteiger partial charge in [-0.2, -0.15) is 0 Å². The van der Waals surface area contributed by atoms with Gasteiger partial charge in [-0.05, 0) is 24.0 Å². The molecular formula is C14H21NOS. The molecule has 17 heavy (non-hydrogen) atoms. The molecule has 0 aliphatic rings. The van der Waals surface area contributed by atoms with Crippen molar-refractivity contribution in [2.24, 2.45) is 17.6 Å². The fourth-order valence-corrected chi connectivity index (χ4v) is 1.58. The minimum atomic E-state index is 0.203. The molecule has 0 aromatic heterocycles. The lowest BCUT2D eigenvalue weighted by molar-refractivity contribution is 0.268. The van der Waals surface area contributed by atoms with E-state index >= 15 is 0 Å². The summed E-state index contributed by atoms with van der Waals surface area (Å²) >= 11 is 5.00. The second-order valence-corrected chi connectivity index (χ2v) is 5.29. The summed E-state index contributed by atoms with van der Waals surface area (Å²) in [6.45, 7) is 7.06. The van der Waals surface area contributed by atoms with E-state index in [1.54, 1.807) is 0 Å². The third-order valence-electron chi connectivity index (χ3n) is 2.56. The molecule has 94 valence electrons. The van der Waals surface area contributed by atoms with Crippen LogP contribution < -0.4 is 10.5 Å². The molecule has 1 unspecified atom stereocenters. The summed E-state index contributed by atoms with van der Waals surface area (Å²) in [6, 6.07) is 8.09. The van der Waals surface area contributed by atoms with Gasteiger partial charge < -0.3 is 10.5 Å². The van der Waals surface area contributed by atoms with Gasteiger partial charge >= 0.3 is 0 Å². The lowest BCUT2D eigenvalue weighted by atomic mass is 10.0. The minimum absolute atomic E-state index is 0.203. The zero-order valence-corrected chi connectivity index (χ0v) is 11.6. The molecule has 0 spiro atoms. The van der Waals surface area contributed by atoms with E-state index in [0.717, 1.165) is 18.8 Å².